The first kappa shape index (κ1) is 35.8. The number of carboxylic acid groups (broad SMARTS) is 1. The van der Waals surface area contributed by atoms with Crippen LogP contribution in [-0.4, -0.2) is 67.2 Å². The van der Waals surface area contributed by atoms with Crippen LogP contribution in [-0.2, 0) is 4.79 Å². The van der Waals surface area contributed by atoms with Gasteiger partial charge in [0.2, 0.25) is 0 Å². The number of aliphatic carboxylic acids is 1. The molecule has 0 amide bonds. The fraction of sp³-hybridized carbons (Fsp3) is 0.870. The van der Waals surface area contributed by atoms with Gasteiger partial charge in [0.25, 0.3) is 0 Å². The largest absolute Gasteiger partial charge is 0.481 e. The highest BCUT2D eigenvalue weighted by molar-refractivity contribution is 8.85. The Labute approximate surface area is 230 Å². The molecule has 0 atom stereocenters. The van der Waals surface area contributed by atoms with Gasteiger partial charge in [-0.3, -0.25) is 4.79 Å². The second kappa shape index (κ2) is 27.2. The molecule has 0 fully saturated rings. The zero-order valence-electron chi connectivity index (χ0n) is 21.3. The minimum Gasteiger partial charge on any atom is -0.481 e. The van der Waals surface area contributed by atoms with Gasteiger partial charge in [0.1, 0.15) is 8.64 Å². The minimum atomic E-state index is -0.745. The summed E-state index contributed by atoms with van der Waals surface area (Å²) in [7, 11) is 7.34. The monoisotopic (exact) mass is 574 g/mol. The summed E-state index contributed by atoms with van der Waals surface area (Å²) in [5, 5.41) is 7.72. The number of hydrogen-bond donors (Lipinski definition) is 1. The van der Waals surface area contributed by atoms with E-state index >= 15 is 0 Å². The summed E-state index contributed by atoms with van der Waals surface area (Å²) >= 11 is 11.3. The molecule has 33 heavy (non-hydrogen) atoms. The summed E-state index contributed by atoms with van der Waals surface area (Å²) < 4.78 is 2.12. The molecule has 0 bridgehead atoms. The first-order chi connectivity index (χ1) is 15.9. The molecule has 196 valence electrons. The zero-order valence-corrected chi connectivity index (χ0v) is 26.2. The Kier molecular flexibility index (Phi) is 29.6. The molecule has 0 radical (unpaired) electrons. The van der Waals surface area contributed by atoms with Crippen LogP contribution in [0.3, 0.4) is 0 Å². The highest BCUT2D eigenvalue weighted by atomic mass is 33.1. The van der Waals surface area contributed by atoms with Crippen molar-refractivity contribution in [2.24, 2.45) is 0 Å². The second-order valence-corrected chi connectivity index (χ2v) is 13.6. The van der Waals surface area contributed by atoms with E-state index in [0.29, 0.717) is 0 Å². The van der Waals surface area contributed by atoms with E-state index in [4.69, 9.17) is 29.5 Å². The molecular formula is C23H46N2O2S6. The van der Waals surface area contributed by atoms with Gasteiger partial charge >= 0.3 is 5.97 Å². The van der Waals surface area contributed by atoms with E-state index in [-0.39, 0.29) is 6.42 Å². The minimum absolute atomic E-state index is 0.222. The van der Waals surface area contributed by atoms with E-state index in [1.54, 1.807) is 28.5 Å². The Morgan fingerprint density at radius 3 is 1.15 bits per heavy atom. The van der Waals surface area contributed by atoms with Gasteiger partial charge in [-0.15, -0.1) is 0 Å². The molecule has 4 nitrogen and oxygen atoms in total. The lowest BCUT2D eigenvalue weighted by atomic mass is 10.3. The van der Waals surface area contributed by atoms with Gasteiger partial charge in [0, 0.05) is 44.1 Å². The molecule has 0 heterocycles. The number of nitrogens with zero attached hydrogens (tertiary/aromatic N) is 2. The third kappa shape index (κ3) is 24.1. The van der Waals surface area contributed by atoms with Gasteiger partial charge in [-0.1, -0.05) is 106 Å². The van der Waals surface area contributed by atoms with Gasteiger partial charge in [-0.05, 0) is 47.3 Å². The second-order valence-electron chi connectivity index (χ2n) is 7.48. The molecule has 0 aromatic heterocycles. The van der Waals surface area contributed by atoms with Crippen LogP contribution < -0.4 is 0 Å². The Bertz CT molecular complexity index is 446. The third-order valence-electron chi connectivity index (χ3n) is 4.46. The van der Waals surface area contributed by atoms with Crippen molar-refractivity contribution in [3.8, 4) is 0 Å². The number of hydrogen-bond acceptors (Lipinski definition) is 7. The van der Waals surface area contributed by atoms with Crippen molar-refractivity contribution in [2.75, 3.05) is 37.7 Å². The number of carbonyl (C=O) groups is 1. The molecule has 1 N–H and O–H groups in total. The lowest BCUT2D eigenvalue weighted by Crippen LogP contribution is -2.29. The Balaban J connectivity index is 0. The van der Waals surface area contributed by atoms with E-state index in [0.717, 1.165) is 46.3 Å². The van der Waals surface area contributed by atoms with Crippen LogP contribution in [0.4, 0.5) is 0 Å². The summed E-state index contributed by atoms with van der Waals surface area (Å²) in [6.07, 6.45) is 10.0. The van der Waals surface area contributed by atoms with Crippen LogP contribution in [0.2, 0.25) is 0 Å². The predicted octanol–water partition coefficient (Wildman–Crippen LogP) is 8.60. The van der Waals surface area contributed by atoms with E-state index in [9.17, 15) is 4.79 Å². The molecule has 0 aromatic carbocycles. The third-order valence-corrected chi connectivity index (χ3v) is 10.8. The first-order valence-corrected chi connectivity index (χ1v) is 17.7. The lowest BCUT2D eigenvalue weighted by Gasteiger charge is -2.24. The normalized spacial score (nSPS) is 10.3. The molecule has 0 spiro atoms. The van der Waals surface area contributed by atoms with Gasteiger partial charge < -0.3 is 14.9 Å². The van der Waals surface area contributed by atoms with Crippen LogP contribution >= 0.6 is 67.6 Å². The molecule has 0 unspecified atom stereocenters. The fourth-order valence-corrected chi connectivity index (χ4v) is 8.02. The molecule has 0 saturated carbocycles. The standard InChI is InChI=1S/C20H40N2S6.C3H6O2/c1-5-9-13-21(14-10-6-2)19(23)27-25-17-18-26-28-20(24)22(15-11-7-3)16-12-8-4;1-2-3(4)5/h5-18H2,1-4H3;2H2,1H3,(H,4,5). The average Bonchev–Trinajstić information content (AvgIpc) is 2.81. The SMILES string of the molecule is CCC(=O)O.CCCCN(CCCC)C(=S)SSCCSSC(=S)N(CCCC)CCCC. The van der Waals surface area contributed by atoms with Crippen molar-refractivity contribution in [2.45, 2.75) is 92.4 Å². The summed E-state index contributed by atoms with van der Waals surface area (Å²) in [5.74, 6) is 1.46. The topological polar surface area (TPSA) is 43.8 Å². The molecule has 0 aliphatic rings. The average molecular weight is 575 g/mol. The number of carboxylic acids is 1. The van der Waals surface area contributed by atoms with Gasteiger partial charge in [-0.25, -0.2) is 0 Å². The van der Waals surface area contributed by atoms with Crippen LogP contribution in [0.15, 0.2) is 0 Å². The van der Waals surface area contributed by atoms with Crippen molar-refractivity contribution in [3.05, 3.63) is 0 Å². The van der Waals surface area contributed by atoms with Crippen molar-refractivity contribution < 1.29 is 9.90 Å². The Morgan fingerprint density at radius 2 is 0.939 bits per heavy atom. The van der Waals surface area contributed by atoms with Crippen molar-refractivity contribution in [1.82, 2.24) is 9.80 Å². The summed E-state index contributed by atoms with van der Waals surface area (Å²) in [6.45, 7) is 15.0. The van der Waals surface area contributed by atoms with Crippen molar-refractivity contribution in [1.29, 1.82) is 0 Å². The highest BCUT2D eigenvalue weighted by Gasteiger charge is 2.11. The molecular weight excluding hydrogens is 529 g/mol. The smallest absolute Gasteiger partial charge is 0.303 e. The van der Waals surface area contributed by atoms with E-state index < -0.39 is 5.97 Å². The van der Waals surface area contributed by atoms with Gasteiger partial charge in [0.05, 0.1) is 0 Å². The molecule has 0 aliphatic carbocycles. The van der Waals surface area contributed by atoms with E-state index in [2.05, 4.69) is 37.5 Å². The maximum Gasteiger partial charge on any atom is 0.303 e. The first-order valence-electron chi connectivity index (χ1n) is 12.3. The van der Waals surface area contributed by atoms with Crippen LogP contribution in [0.1, 0.15) is 92.4 Å². The molecule has 10 heteroatoms. The Morgan fingerprint density at radius 1 is 0.667 bits per heavy atom. The lowest BCUT2D eigenvalue weighted by molar-refractivity contribution is -0.136. The van der Waals surface area contributed by atoms with Crippen LogP contribution in [0, 0.1) is 0 Å². The molecule has 0 rings (SSSR count). The summed E-state index contributed by atoms with van der Waals surface area (Å²) in [5.41, 5.74) is 0. The number of thiocarbonyl (C=S) groups is 2. The van der Waals surface area contributed by atoms with E-state index in [1.165, 1.54) is 51.4 Å². The van der Waals surface area contributed by atoms with Crippen molar-refractivity contribution >= 4 is 82.2 Å². The van der Waals surface area contributed by atoms with Gasteiger partial charge in [0.15, 0.2) is 0 Å². The van der Waals surface area contributed by atoms with E-state index in [1.807, 2.05) is 21.6 Å². The fourth-order valence-electron chi connectivity index (χ4n) is 2.34. The summed E-state index contributed by atoms with van der Waals surface area (Å²) in [4.78, 5) is 14.2. The Hall–Kier alpha value is 0.650. The van der Waals surface area contributed by atoms with Crippen LogP contribution in [0.25, 0.3) is 0 Å². The van der Waals surface area contributed by atoms with Crippen LogP contribution in [0.5, 0.6) is 0 Å². The predicted molar refractivity (Wildman–Crippen MR) is 166 cm³/mol. The maximum atomic E-state index is 9.37. The highest BCUT2D eigenvalue weighted by Crippen LogP contribution is 2.31. The molecule has 0 aromatic rings. The summed E-state index contributed by atoms with van der Waals surface area (Å²) in [6, 6.07) is 0. The maximum absolute atomic E-state index is 9.37. The number of rotatable bonds is 18. The molecule has 0 saturated heterocycles. The van der Waals surface area contributed by atoms with Crippen molar-refractivity contribution in [3.63, 3.8) is 0 Å². The van der Waals surface area contributed by atoms with Gasteiger partial charge in [-0.2, -0.15) is 0 Å². The quantitative estimate of drug-likeness (QED) is 0.0977. The number of unbranched alkanes of at least 4 members (excludes halogenated alkanes) is 4. The zero-order chi connectivity index (χ0) is 25.3. The molecule has 0 aliphatic heterocycles.